The number of amides is 2. The molecule has 1 rings (SSSR count). The Balaban J connectivity index is 2.30. The number of hydrogen-bond donors (Lipinski definition) is 3. The van der Waals surface area contributed by atoms with Crippen molar-refractivity contribution in [3.8, 4) is 5.75 Å². The van der Waals surface area contributed by atoms with Crippen molar-refractivity contribution in [1.29, 1.82) is 0 Å². The molecule has 0 aromatic heterocycles. The Morgan fingerprint density at radius 1 is 1.19 bits per heavy atom. The second-order valence-electron chi connectivity index (χ2n) is 4.35. The van der Waals surface area contributed by atoms with Crippen LogP contribution in [0.15, 0.2) is 24.3 Å². The molecule has 0 bridgehead atoms. The highest BCUT2D eigenvalue weighted by Crippen LogP contribution is 2.16. The fourth-order valence-electron chi connectivity index (χ4n) is 1.62. The van der Waals surface area contributed by atoms with E-state index in [1.54, 1.807) is 18.2 Å². The molecule has 1 aromatic rings. The summed E-state index contributed by atoms with van der Waals surface area (Å²) < 4.78 is 5.25. The van der Waals surface area contributed by atoms with E-state index in [2.05, 4.69) is 5.32 Å². The molecule has 21 heavy (non-hydrogen) atoms. The van der Waals surface area contributed by atoms with Crippen molar-refractivity contribution in [2.24, 2.45) is 5.73 Å². The van der Waals surface area contributed by atoms with Crippen LogP contribution in [0.4, 0.5) is 0 Å². The van der Waals surface area contributed by atoms with E-state index >= 15 is 0 Å². The fraction of sp³-hybridized carbons (Fsp3) is 0.357. The van der Waals surface area contributed by atoms with E-state index in [4.69, 9.17) is 15.6 Å². The van der Waals surface area contributed by atoms with E-state index in [0.717, 1.165) is 0 Å². The summed E-state index contributed by atoms with van der Waals surface area (Å²) in [6, 6.07) is 6.39. The number of carboxylic acids is 1. The molecule has 114 valence electrons. The first-order valence-electron chi connectivity index (χ1n) is 6.51. The van der Waals surface area contributed by atoms with Crippen LogP contribution in [0.5, 0.6) is 5.75 Å². The number of aliphatic carboxylic acids is 1. The Morgan fingerprint density at radius 2 is 1.90 bits per heavy atom. The molecule has 0 radical (unpaired) electrons. The molecule has 0 aliphatic heterocycles. The van der Waals surface area contributed by atoms with Gasteiger partial charge in [-0.3, -0.25) is 14.4 Å². The zero-order valence-electron chi connectivity index (χ0n) is 11.5. The topological polar surface area (TPSA) is 119 Å². The normalized spacial score (nSPS) is 9.90. The summed E-state index contributed by atoms with van der Waals surface area (Å²) in [4.78, 5) is 33.0. The molecular formula is C14H18N2O5. The standard InChI is InChI=1S/C14H18N2O5/c15-14(20)10-5-1-2-6-11(10)21-9-12(17)16-8-4-3-7-13(18)19/h1-2,5-6H,3-4,7-9H2,(H2,15,20)(H,16,17)(H,18,19). The molecule has 2 amide bonds. The van der Waals surface area contributed by atoms with Crippen LogP contribution in [-0.2, 0) is 9.59 Å². The summed E-state index contributed by atoms with van der Waals surface area (Å²) in [6.45, 7) is 0.149. The molecule has 0 aliphatic rings. The van der Waals surface area contributed by atoms with Crippen molar-refractivity contribution in [2.45, 2.75) is 19.3 Å². The molecule has 0 atom stereocenters. The molecule has 4 N–H and O–H groups in total. The van der Waals surface area contributed by atoms with E-state index in [9.17, 15) is 14.4 Å². The summed E-state index contributed by atoms with van der Waals surface area (Å²) in [5.41, 5.74) is 5.41. The van der Waals surface area contributed by atoms with Crippen molar-refractivity contribution >= 4 is 17.8 Å². The lowest BCUT2D eigenvalue weighted by Gasteiger charge is -2.09. The van der Waals surface area contributed by atoms with Gasteiger partial charge in [0.2, 0.25) is 0 Å². The first-order chi connectivity index (χ1) is 10.0. The summed E-state index contributed by atoms with van der Waals surface area (Å²) in [6.07, 6.45) is 1.16. The average molecular weight is 294 g/mol. The minimum atomic E-state index is -0.854. The third-order valence-electron chi connectivity index (χ3n) is 2.65. The number of hydrogen-bond acceptors (Lipinski definition) is 4. The number of ether oxygens (including phenoxy) is 1. The summed E-state index contributed by atoms with van der Waals surface area (Å²) in [7, 11) is 0. The number of nitrogens with one attached hydrogen (secondary N) is 1. The van der Waals surface area contributed by atoms with Crippen molar-refractivity contribution in [2.75, 3.05) is 13.2 Å². The van der Waals surface area contributed by atoms with E-state index in [-0.39, 0.29) is 30.2 Å². The van der Waals surface area contributed by atoms with E-state index < -0.39 is 11.9 Å². The monoisotopic (exact) mass is 294 g/mol. The average Bonchev–Trinajstić information content (AvgIpc) is 2.44. The number of carbonyl (C=O) groups is 3. The lowest BCUT2D eigenvalue weighted by atomic mass is 10.2. The van der Waals surface area contributed by atoms with E-state index in [1.165, 1.54) is 6.07 Å². The number of benzene rings is 1. The van der Waals surface area contributed by atoms with Gasteiger partial charge in [0.1, 0.15) is 5.75 Å². The first-order valence-corrected chi connectivity index (χ1v) is 6.51. The Morgan fingerprint density at radius 3 is 2.57 bits per heavy atom. The third kappa shape index (κ3) is 6.42. The van der Waals surface area contributed by atoms with Gasteiger partial charge in [-0.2, -0.15) is 0 Å². The summed E-state index contributed by atoms with van der Waals surface area (Å²) in [5, 5.41) is 11.1. The molecule has 0 unspecified atom stereocenters. The molecule has 1 aromatic carbocycles. The third-order valence-corrected chi connectivity index (χ3v) is 2.65. The van der Waals surface area contributed by atoms with Crippen LogP contribution < -0.4 is 15.8 Å². The van der Waals surface area contributed by atoms with Gasteiger partial charge in [-0.1, -0.05) is 12.1 Å². The number of para-hydroxylation sites is 1. The maximum Gasteiger partial charge on any atom is 0.303 e. The quantitative estimate of drug-likeness (QED) is 0.574. The maximum atomic E-state index is 11.5. The van der Waals surface area contributed by atoms with Gasteiger partial charge >= 0.3 is 5.97 Å². The smallest absolute Gasteiger partial charge is 0.303 e. The minimum absolute atomic E-state index is 0.0817. The SMILES string of the molecule is NC(=O)c1ccccc1OCC(=O)NCCCCC(=O)O. The van der Waals surface area contributed by atoms with Gasteiger partial charge in [0.05, 0.1) is 5.56 Å². The predicted octanol–water partition coefficient (Wildman–Crippen LogP) is 0.535. The highest BCUT2D eigenvalue weighted by atomic mass is 16.5. The molecule has 0 spiro atoms. The number of rotatable bonds is 9. The number of carboxylic acid groups (broad SMARTS) is 1. The van der Waals surface area contributed by atoms with E-state index in [0.29, 0.717) is 19.4 Å². The Hall–Kier alpha value is -2.57. The second kappa shape index (κ2) is 8.57. The highest BCUT2D eigenvalue weighted by Gasteiger charge is 2.10. The predicted molar refractivity (Wildman–Crippen MR) is 75.0 cm³/mol. The van der Waals surface area contributed by atoms with Gasteiger partial charge in [-0.15, -0.1) is 0 Å². The molecule has 7 heteroatoms. The van der Waals surface area contributed by atoms with Crippen LogP contribution in [0.1, 0.15) is 29.6 Å². The Bertz CT molecular complexity index is 516. The molecular weight excluding hydrogens is 276 g/mol. The fourth-order valence-corrected chi connectivity index (χ4v) is 1.62. The number of nitrogens with two attached hydrogens (primary N) is 1. The molecule has 0 fully saturated rings. The maximum absolute atomic E-state index is 11.5. The van der Waals surface area contributed by atoms with Gasteiger partial charge in [0.15, 0.2) is 6.61 Å². The molecule has 7 nitrogen and oxygen atoms in total. The van der Waals surface area contributed by atoms with Gasteiger partial charge in [0.25, 0.3) is 11.8 Å². The largest absolute Gasteiger partial charge is 0.483 e. The van der Waals surface area contributed by atoms with Crippen molar-refractivity contribution in [1.82, 2.24) is 5.32 Å². The van der Waals surface area contributed by atoms with Gasteiger partial charge in [-0.25, -0.2) is 0 Å². The van der Waals surface area contributed by atoms with Crippen LogP contribution in [0.3, 0.4) is 0 Å². The number of unbranched alkanes of at least 4 members (excludes halogenated alkanes) is 1. The zero-order chi connectivity index (χ0) is 15.7. The van der Waals surface area contributed by atoms with Crippen LogP contribution in [-0.4, -0.2) is 36.0 Å². The molecule has 0 saturated carbocycles. The van der Waals surface area contributed by atoms with Crippen LogP contribution in [0.2, 0.25) is 0 Å². The number of primary amides is 1. The van der Waals surface area contributed by atoms with Crippen molar-refractivity contribution in [3.05, 3.63) is 29.8 Å². The van der Waals surface area contributed by atoms with Gasteiger partial charge in [-0.05, 0) is 25.0 Å². The minimum Gasteiger partial charge on any atom is -0.483 e. The molecule has 0 aliphatic carbocycles. The zero-order valence-corrected chi connectivity index (χ0v) is 11.5. The van der Waals surface area contributed by atoms with Crippen LogP contribution in [0.25, 0.3) is 0 Å². The lowest BCUT2D eigenvalue weighted by Crippen LogP contribution is -2.30. The first kappa shape index (κ1) is 16.5. The van der Waals surface area contributed by atoms with Gasteiger partial charge in [0, 0.05) is 13.0 Å². The summed E-state index contributed by atoms with van der Waals surface area (Å²) >= 11 is 0. The van der Waals surface area contributed by atoms with E-state index in [1.807, 2.05) is 0 Å². The highest BCUT2D eigenvalue weighted by molar-refractivity contribution is 5.95. The molecule has 0 saturated heterocycles. The Labute approximate surface area is 122 Å². The number of carbonyl (C=O) groups excluding carboxylic acids is 2. The molecule has 0 heterocycles. The van der Waals surface area contributed by atoms with Gasteiger partial charge < -0.3 is 20.9 Å². The van der Waals surface area contributed by atoms with Crippen LogP contribution >= 0.6 is 0 Å². The van der Waals surface area contributed by atoms with Crippen molar-refractivity contribution in [3.63, 3.8) is 0 Å². The Kier molecular flexibility index (Phi) is 6.73. The second-order valence-corrected chi connectivity index (χ2v) is 4.35. The van der Waals surface area contributed by atoms with Crippen molar-refractivity contribution < 1.29 is 24.2 Å². The van der Waals surface area contributed by atoms with Crippen LogP contribution in [0, 0.1) is 0 Å². The lowest BCUT2D eigenvalue weighted by molar-refractivity contribution is -0.137. The summed E-state index contributed by atoms with van der Waals surface area (Å²) in [5.74, 6) is -1.57.